The second-order valence-corrected chi connectivity index (χ2v) is 7.85. The predicted octanol–water partition coefficient (Wildman–Crippen LogP) is 3.89. The van der Waals surface area contributed by atoms with Gasteiger partial charge in [-0.3, -0.25) is 0 Å². The van der Waals surface area contributed by atoms with Gasteiger partial charge < -0.3 is 19.8 Å². The van der Waals surface area contributed by atoms with E-state index in [1.165, 1.54) is 7.11 Å². The number of ether oxygens (including phenoxy) is 1. The molecule has 0 bridgehead atoms. The van der Waals surface area contributed by atoms with Crippen LogP contribution in [0.4, 0.5) is 4.79 Å². The minimum Gasteiger partial charge on any atom is -0.466 e. The van der Waals surface area contributed by atoms with Gasteiger partial charge in [0.1, 0.15) is 11.5 Å². The number of carbonyl (C=O) groups is 2. The molecule has 3 rings (SSSR count). The van der Waals surface area contributed by atoms with Crippen LogP contribution >= 0.6 is 0 Å². The number of hydrogen-bond acceptors (Lipinski definition) is 4. The van der Waals surface area contributed by atoms with Crippen molar-refractivity contribution in [2.24, 2.45) is 5.41 Å². The van der Waals surface area contributed by atoms with Crippen LogP contribution in [0.3, 0.4) is 0 Å². The number of hydrogen-bond donors (Lipinski definition) is 2. The lowest BCUT2D eigenvalue weighted by atomic mass is 9.75. The van der Waals surface area contributed by atoms with Crippen LogP contribution in [0.25, 0.3) is 0 Å². The number of carbonyl (C=O) groups excluding carboxylic acids is 2. The van der Waals surface area contributed by atoms with Gasteiger partial charge in [0.15, 0.2) is 0 Å². The minimum absolute atomic E-state index is 0.0668. The average Bonchev–Trinajstić information content (AvgIpc) is 2.98. The van der Waals surface area contributed by atoms with Gasteiger partial charge in [0, 0.05) is 18.5 Å². The topological polar surface area (TPSA) is 80.6 Å². The molecule has 1 aromatic carbocycles. The Hall–Kier alpha value is -2.76. The summed E-state index contributed by atoms with van der Waals surface area (Å²) in [5.41, 5.74) is 2.53. The molecule has 1 aromatic heterocycles. The van der Waals surface area contributed by atoms with E-state index in [-0.39, 0.29) is 23.5 Å². The van der Waals surface area contributed by atoms with Gasteiger partial charge in [-0.05, 0) is 42.5 Å². The molecule has 0 aliphatic heterocycles. The number of esters is 1. The number of amides is 2. The summed E-state index contributed by atoms with van der Waals surface area (Å²) in [6, 6.07) is 8.70. The van der Waals surface area contributed by atoms with E-state index in [4.69, 9.17) is 4.42 Å². The Morgan fingerprint density at radius 2 is 1.96 bits per heavy atom. The van der Waals surface area contributed by atoms with Crippen LogP contribution in [0.1, 0.15) is 59.3 Å². The first-order chi connectivity index (χ1) is 12.8. The Labute approximate surface area is 159 Å². The molecule has 2 amide bonds. The molecule has 0 saturated heterocycles. The molecular formula is C21H26N2O4. The fraction of sp³-hybridized carbons (Fsp3) is 0.429. The molecule has 2 aromatic rings. The molecule has 0 radical (unpaired) electrons. The van der Waals surface area contributed by atoms with Crippen LogP contribution in [0.15, 0.2) is 34.7 Å². The maximum absolute atomic E-state index is 12.4. The molecule has 27 heavy (non-hydrogen) atoms. The Morgan fingerprint density at radius 1 is 1.26 bits per heavy atom. The van der Waals surface area contributed by atoms with E-state index in [0.717, 1.165) is 35.5 Å². The van der Waals surface area contributed by atoms with Crippen molar-refractivity contribution >= 4 is 12.0 Å². The summed E-state index contributed by atoms with van der Waals surface area (Å²) in [6.07, 6.45) is 1.74. The third-order valence-corrected chi connectivity index (χ3v) is 4.87. The van der Waals surface area contributed by atoms with Gasteiger partial charge in [-0.2, -0.15) is 0 Å². The summed E-state index contributed by atoms with van der Waals surface area (Å²) >= 11 is 0. The number of benzene rings is 1. The number of aryl methyl sites for hydroxylation is 1. The monoisotopic (exact) mass is 370 g/mol. The van der Waals surface area contributed by atoms with Crippen LogP contribution in [0.2, 0.25) is 0 Å². The number of fused-ring (bicyclic) bond motifs is 1. The zero-order chi connectivity index (χ0) is 19.6. The van der Waals surface area contributed by atoms with Crippen molar-refractivity contribution in [3.63, 3.8) is 0 Å². The van der Waals surface area contributed by atoms with Gasteiger partial charge in [0.2, 0.25) is 0 Å². The van der Waals surface area contributed by atoms with Crippen molar-refractivity contribution in [2.75, 3.05) is 7.11 Å². The van der Waals surface area contributed by atoms with Crippen molar-refractivity contribution in [1.82, 2.24) is 10.6 Å². The Balaban J connectivity index is 1.60. The van der Waals surface area contributed by atoms with E-state index < -0.39 is 0 Å². The quantitative estimate of drug-likeness (QED) is 0.800. The molecule has 1 atom stereocenters. The van der Waals surface area contributed by atoms with Crippen LogP contribution in [0, 0.1) is 12.3 Å². The van der Waals surface area contributed by atoms with Crippen LogP contribution < -0.4 is 10.6 Å². The number of rotatable bonds is 4. The molecule has 6 nitrogen and oxygen atoms in total. The lowest BCUT2D eigenvalue weighted by Crippen LogP contribution is -2.41. The average molecular weight is 370 g/mol. The first kappa shape index (κ1) is 19.0. The maximum atomic E-state index is 12.4. The standard InChI is InChI=1S/C21H26N2O4/c1-13-9-16-17(10-21(2,3)11-18(16)27-13)23-20(25)22-12-14-5-7-15(8-6-14)19(24)26-4/h5-9,17H,10-12H2,1-4H3,(H2,22,23,25). The zero-order valence-corrected chi connectivity index (χ0v) is 16.2. The van der Waals surface area contributed by atoms with Crippen LogP contribution in [-0.4, -0.2) is 19.1 Å². The van der Waals surface area contributed by atoms with E-state index in [9.17, 15) is 9.59 Å². The third kappa shape index (κ3) is 4.51. The Bertz CT molecular complexity index is 836. The van der Waals surface area contributed by atoms with Gasteiger partial charge in [-0.25, -0.2) is 9.59 Å². The lowest BCUT2D eigenvalue weighted by molar-refractivity contribution is 0.0600. The summed E-state index contributed by atoms with van der Waals surface area (Å²) in [7, 11) is 1.35. The van der Waals surface area contributed by atoms with Gasteiger partial charge in [0.05, 0.1) is 18.7 Å². The Kier molecular flexibility index (Phi) is 5.26. The highest BCUT2D eigenvalue weighted by atomic mass is 16.5. The molecule has 0 spiro atoms. The van der Waals surface area contributed by atoms with Crippen molar-refractivity contribution in [1.29, 1.82) is 0 Å². The van der Waals surface area contributed by atoms with Crippen molar-refractivity contribution in [3.8, 4) is 0 Å². The summed E-state index contributed by atoms with van der Waals surface area (Å²) in [5, 5.41) is 5.95. The van der Waals surface area contributed by atoms with Crippen LogP contribution in [-0.2, 0) is 17.7 Å². The van der Waals surface area contributed by atoms with Crippen molar-refractivity contribution in [2.45, 2.75) is 46.2 Å². The smallest absolute Gasteiger partial charge is 0.337 e. The fourth-order valence-corrected chi connectivity index (χ4v) is 3.58. The van der Waals surface area contributed by atoms with E-state index in [0.29, 0.717) is 12.1 Å². The highest BCUT2D eigenvalue weighted by molar-refractivity contribution is 5.89. The predicted molar refractivity (Wildman–Crippen MR) is 101 cm³/mol. The molecule has 144 valence electrons. The molecule has 2 N–H and O–H groups in total. The lowest BCUT2D eigenvalue weighted by Gasteiger charge is -2.34. The number of methoxy groups -OCH3 is 1. The summed E-state index contributed by atoms with van der Waals surface area (Å²) in [4.78, 5) is 23.9. The Morgan fingerprint density at radius 3 is 2.63 bits per heavy atom. The molecule has 1 unspecified atom stereocenters. The van der Waals surface area contributed by atoms with Crippen molar-refractivity contribution < 1.29 is 18.7 Å². The molecule has 1 aliphatic carbocycles. The summed E-state index contributed by atoms with van der Waals surface area (Å²) < 4.78 is 10.5. The second kappa shape index (κ2) is 7.47. The van der Waals surface area contributed by atoms with Gasteiger partial charge in [-0.15, -0.1) is 0 Å². The van der Waals surface area contributed by atoms with Crippen molar-refractivity contribution in [3.05, 3.63) is 58.5 Å². The highest BCUT2D eigenvalue weighted by Gasteiger charge is 2.35. The van der Waals surface area contributed by atoms with Gasteiger partial charge in [-0.1, -0.05) is 26.0 Å². The first-order valence-corrected chi connectivity index (χ1v) is 9.08. The largest absolute Gasteiger partial charge is 0.466 e. The normalized spacial score (nSPS) is 17.7. The number of furan rings is 1. The highest BCUT2D eigenvalue weighted by Crippen LogP contribution is 2.41. The van der Waals surface area contributed by atoms with Gasteiger partial charge >= 0.3 is 12.0 Å². The molecule has 6 heteroatoms. The van der Waals surface area contributed by atoms with E-state index >= 15 is 0 Å². The molecule has 1 heterocycles. The summed E-state index contributed by atoms with van der Waals surface area (Å²) in [5.74, 6) is 1.46. The van der Waals surface area contributed by atoms with E-state index in [1.54, 1.807) is 24.3 Å². The van der Waals surface area contributed by atoms with Crippen LogP contribution in [0.5, 0.6) is 0 Å². The molecule has 1 aliphatic rings. The third-order valence-electron chi connectivity index (χ3n) is 4.87. The molecular weight excluding hydrogens is 344 g/mol. The number of nitrogens with one attached hydrogen (secondary N) is 2. The molecule has 0 saturated carbocycles. The van der Waals surface area contributed by atoms with E-state index in [2.05, 4.69) is 29.2 Å². The maximum Gasteiger partial charge on any atom is 0.337 e. The second-order valence-electron chi connectivity index (χ2n) is 7.85. The molecule has 0 fully saturated rings. The minimum atomic E-state index is -0.377. The van der Waals surface area contributed by atoms with Gasteiger partial charge in [0.25, 0.3) is 0 Å². The fourth-order valence-electron chi connectivity index (χ4n) is 3.58. The zero-order valence-electron chi connectivity index (χ0n) is 16.2. The summed E-state index contributed by atoms with van der Waals surface area (Å²) in [6.45, 7) is 6.67. The van der Waals surface area contributed by atoms with E-state index in [1.807, 2.05) is 13.0 Å². The SMILES string of the molecule is COC(=O)c1ccc(CNC(=O)NC2CC(C)(C)Cc3oc(C)cc32)cc1. The number of urea groups is 1. The first-order valence-electron chi connectivity index (χ1n) is 9.08.